The topological polar surface area (TPSA) is 0 Å². The molecule has 0 saturated heterocycles. The van der Waals surface area contributed by atoms with Crippen LogP contribution >= 0.6 is 0 Å². The van der Waals surface area contributed by atoms with Gasteiger partial charge in [0.25, 0.3) is 0 Å². The second-order valence-corrected chi connectivity index (χ2v) is 7.09. The van der Waals surface area contributed by atoms with Gasteiger partial charge in [-0.25, -0.2) is 0 Å². The van der Waals surface area contributed by atoms with E-state index in [9.17, 15) is 0 Å². The highest BCUT2D eigenvalue weighted by molar-refractivity contribution is 6.58. The molecule has 1 aliphatic carbocycles. The molecule has 1 aliphatic rings. The van der Waals surface area contributed by atoms with Gasteiger partial charge in [-0.15, -0.1) is 0 Å². The first-order valence-corrected chi connectivity index (χ1v) is 8.62. The van der Waals surface area contributed by atoms with Crippen molar-refractivity contribution in [1.82, 2.24) is 0 Å². The number of hydrogen-bond donors (Lipinski definition) is 0. The quantitative estimate of drug-likeness (QED) is 0.542. The van der Waals surface area contributed by atoms with Crippen LogP contribution in [0.4, 0.5) is 0 Å². The fraction of sp³-hybridized carbons (Fsp3) is 0.714. The molecular formula is C14H27Si. The highest BCUT2D eigenvalue weighted by Crippen LogP contribution is 2.11. The van der Waals surface area contributed by atoms with Crippen molar-refractivity contribution < 1.29 is 0 Å². The van der Waals surface area contributed by atoms with Gasteiger partial charge in [-0.1, -0.05) is 82.5 Å². The molecule has 0 unspecified atom stereocenters. The van der Waals surface area contributed by atoms with E-state index in [1.165, 1.54) is 19.3 Å². The van der Waals surface area contributed by atoms with Crippen molar-refractivity contribution in [3.8, 4) is 0 Å². The van der Waals surface area contributed by atoms with E-state index in [4.69, 9.17) is 0 Å². The number of hydrogen-bond acceptors (Lipinski definition) is 0. The average molecular weight is 223 g/mol. The molecule has 1 radical (unpaired) electrons. The summed E-state index contributed by atoms with van der Waals surface area (Å²) >= 11 is 0. The van der Waals surface area contributed by atoms with Crippen molar-refractivity contribution in [2.24, 2.45) is 0 Å². The maximum Gasteiger partial charge on any atom is 0.0478 e. The molecular weight excluding hydrogens is 196 g/mol. The smallest absolute Gasteiger partial charge is 0.0478 e. The number of rotatable bonds is 6. The first-order chi connectivity index (χ1) is 7.35. The molecule has 87 valence electrons. The van der Waals surface area contributed by atoms with Gasteiger partial charge in [0, 0.05) is 8.80 Å². The van der Waals surface area contributed by atoms with Crippen LogP contribution in [-0.2, 0) is 0 Å². The van der Waals surface area contributed by atoms with Gasteiger partial charge < -0.3 is 0 Å². The van der Waals surface area contributed by atoms with E-state index in [0.29, 0.717) is 0 Å². The zero-order valence-electron chi connectivity index (χ0n) is 10.8. The Morgan fingerprint density at radius 3 is 1.40 bits per heavy atom. The largest absolute Gasteiger partial charge is 0.0808 e. The summed E-state index contributed by atoms with van der Waals surface area (Å²) in [6.07, 6.45) is 13.7. The molecule has 1 heteroatoms. The molecule has 0 saturated carbocycles. The molecule has 0 aromatic heterocycles. The lowest BCUT2D eigenvalue weighted by molar-refractivity contribution is 0.957. The van der Waals surface area contributed by atoms with Crippen LogP contribution in [0.5, 0.6) is 0 Å². The third-order valence-corrected chi connectivity index (χ3v) is 6.09. The normalized spacial score (nSPS) is 13.1. The number of allylic oxidation sites excluding steroid dienone is 4. The molecule has 15 heavy (non-hydrogen) atoms. The highest BCUT2D eigenvalue weighted by atomic mass is 28.3. The summed E-state index contributed by atoms with van der Waals surface area (Å²) in [6, 6.07) is 4.64. The molecule has 0 amide bonds. The summed E-state index contributed by atoms with van der Waals surface area (Å²) in [7, 11) is 0.103. The molecule has 0 fully saturated rings. The predicted molar refractivity (Wildman–Crippen MR) is 73.9 cm³/mol. The molecule has 0 aromatic carbocycles. The van der Waals surface area contributed by atoms with E-state index >= 15 is 0 Å². The van der Waals surface area contributed by atoms with E-state index in [1.807, 2.05) is 0 Å². The molecule has 0 nitrogen and oxygen atoms in total. The minimum absolute atomic E-state index is 0.103. The zero-order chi connectivity index (χ0) is 11.4. The molecule has 0 atom stereocenters. The van der Waals surface area contributed by atoms with Gasteiger partial charge in [-0.2, -0.15) is 0 Å². The Labute approximate surface area is 98.1 Å². The van der Waals surface area contributed by atoms with E-state index < -0.39 is 0 Å². The monoisotopic (exact) mass is 223 g/mol. The van der Waals surface area contributed by atoms with Crippen LogP contribution in [0.25, 0.3) is 0 Å². The predicted octanol–water partition coefficient (Wildman–Crippen LogP) is 5.21. The van der Waals surface area contributed by atoms with Gasteiger partial charge >= 0.3 is 0 Å². The van der Waals surface area contributed by atoms with Gasteiger partial charge in [0.2, 0.25) is 0 Å². The molecule has 0 spiro atoms. The second-order valence-electron chi connectivity index (χ2n) is 4.09. The van der Waals surface area contributed by atoms with Crippen LogP contribution in [0, 0.1) is 0 Å². The van der Waals surface area contributed by atoms with Crippen molar-refractivity contribution >= 4 is 8.80 Å². The van der Waals surface area contributed by atoms with Gasteiger partial charge in [-0.3, -0.25) is 0 Å². The van der Waals surface area contributed by atoms with Gasteiger partial charge in [0.15, 0.2) is 0 Å². The summed E-state index contributed by atoms with van der Waals surface area (Å²) in [5.41, 5.74) is 0. The Balaban J connectivity index is 0.000000322. The van der Waals surface area contributed by atoms with Crippen molar-refractivity contribution in [3.05, 3.63) is 24.3 Å². The second kappa shape index (κ2) is 11.8. The third-order valence-electron chi connectivity index (χ3n) is 2.47. The van der Waals surface area contributed by atoms with Crippen molar-refractivity contribution in [2.45, 2.75) is 64.6 Å². The zero-order valence-corrected chi connectivity index (χ0v) is 11.8. The lowest BCUT2D eigenvalue weighted by Crippen LogP contribution is -2.09. The standard InChI is InChI=1S/C9H21Si.C5H6/c1-4-7-10(8-5-2)9-6-3;1-2-4-5-3-1/h4-9H2,1-3H3;1-4H,5H2. The summed E-state index contributed by atoms with van der Waals surface area (Å²) in [5, 5.41) is 0. The minimum atomic E-state index is 0.103. The highest BCUT2D eigenvalue weighted by Gasteiger charge is 2.06. The summed E-state index contributed by atoms with van der Waals surface area (Å²) in [5.74, 6) is 0. The lowest BCUT2D eigenvalue weighted by Gasteiger charge is -2.10. The van der Waals surface area contributed by atoms with Crippen molar-refractivity contribution in [2.75, 3.05) is 0 Å². The summed E-state index contributed by atoms with van der Waals surface area (Å²) < 4.78 is 0. The molecule has 0 aliphatic heterocycles. The summed E-state index contributed by atoms with van der Waals surface area (Å²) in [6.45, 7) is 6.95. The lowest BCUT2D eigenvalue weighted by atomic mass is 10.5. The van der Waals surface area contributed by atoms with Gasteiger partial charge in [0.05, 0.1) is 0 Å². The van der Waals surface area contributed by atoms with Gasteiger partial charge in [0.1, 0.15) is 0 Å². The fourth-order valence-corrected chi connectivity index (χ4v) is 4.70. The molecule has 0 aromatic rings. The van der Waals surface area contributed by atoms with Crippen LogP contribution in [0.2, 0.25) is 18.1 Å². The Morgan fingerprint density at radius 2 is 1.20 bits per heavy atom. The van der Waals surface area contributed by atoms with Crippen LogP contribution in [0.15, 0.2) is 24.3 Å². The summed E-state index contributed by atoms with van der Waals surface area (Å²) in [4.78, 5) is 0. The van der Waals surface area contributed by atoms with Crippen molar-refractivity contribution in [1.29, 1.82) is 0 Å². The first kappa shape index (κ1) is 14.7. The minimum Gasteiger partial charge on any atom is -0.0808 e. The van der Waals surface area contributed by atoms with Crippen LogP contribution in [0.1, 0.15) is 46.5 Å². The average Bonchev–Trinajstić information content (AvgIpc) is 2.77. The molecule has 0 heterocycles. The van der Waals surface area contributed by atoms with Crippen LogP contribution in [-0.4, -0.2) is 8.80 Å². The molecule has 0 N–H and O–H groups in total. The van der Waals surface area contributed by atoms with E-state index in [2.05, 4.69) is 45.1 Å². The maximum absolute atomic E-state index is 2.32. The molecule has 0 bridgehead atoms. The van der Waals surface area contributed by atoms with Crippen LogP contribution < -0.4 is 0 Å². The third kappa shape index (κ3) is 9.99. The SMILES string of the molecule is C1=CCC=C1.CCC[Si](CCC)CCC. The molecule has 1 rings (SSSR count). The van der Waals surface area contributed by atoms with Gasteiger partial charge in [-0.05, 0) is 6.42 Å². The van der Waals surface area contributed by atoms with Crippen LogP contribution in [0.3, 0.4) is 0 Å². The van der Waals surface area contributed by atoms with E-state index in [-0.39, 0.29) is 8.80 Å². The van der Waals surface area contributed by atoms with Crippen molar-refractivity contribution in [3.63, 3.8) is 0 Å². The Kier molecular flexibility index (Phi) is 11.5. The Bertz CT molecular complexity index is 146. The van der Waals surface area contributed by atoms with E-state index in [0.717, 1.165) is 6.42 Å². The maximum atomic E-state index is 2.32. The van der Waals surface area contributed by atoms with E-state index in [1.54, 1.807) is 18.1 Å². The fourth-order valence-electron chi connectivity index (χ4n) is 1.83. The Hall–Kier alpha value is -0.303. The first-order valence-electron chi connectivity index (χ1n) is 6.50. The Morgan fingerprint density at radius 1 is 0.800 bits per heavy atom.